The number of nitrogens with one attached hydrogen (secondary N) is 1. The van der Waals surface area contributed by atoms with Gasteiger partial charge in [-0.15, -0.1) is 11.3 Å². The molecule has 2 heterocycles. The summed E-state index contributed by atoms with van der Waals surface area (Å²) in [4.78, 5) is 29.8. The summed E-state index contributed by atoms with van der Waals surface area (Å²) in [6.07, 6.45) is -3.03. The van der Waals surface area contributed by atoms with Crippen molar-refractivity contribution >= 4 is 22.2 Å². The summed E-state index contributed by atoms with van der Waals surface area (Å²) in [6, 6.07) is 4.80. The van der Waals surface area contributed by atoms with E-state index in [0.29, 0.717) is 4.96 Å². The molecule has 9 heteroatoms. The van der Waals surface area contributed by atoms with Crippen molar-refractivity contribution in [2.75, 3.05) is 0 Å². The van der Waals surface area contributed by atoms with Gasteiger partial charge in [-0.1, -0.05) is 37.3 Å². The average molecular weight is 381 g/mol. The van der Waals surface area contributed by atoms with Crippen LogP contribution < -0.4 is 10.9 Å². The summed E-state index contributed by atoms with van der Waals surface area (Å²) >= 11 is 1.21. The third kappa shape index (κ3) is 3.34. The molecule has 1 aromatic carbocycles. The maximum atomic E-state index is 13.5. The standard InChI is InChI=1S/C17H14F3N3O2S/c1-2-11-12(15(25)23-8-9-26-16(23)21-11)14(24)22-13(17(18,19)20)10-6-4-3-5-7-10/h3-9,13H,2H2,1H3,(H,22,24). The Kier molecular flexibility index (Phi) is 4.82. The van der Waals surface area contributed by atoms with E-state index < -0.39 is 23.7 Å². The lowest BCUT2D eigenvalue weighted by molar-refractivity contribution is -0.155. The van der Waals surface area contributed by atoms with Gasteiger partial charge >= 0.3 is 6.18 Å². The van der Waals surface area contributed by atoms with E-state index in [2.05, 4.69) is 4.98 Å². The molecule has 0 aliphatic carbocycles. The minimum absolute atomic E-state index is 0.115. The lowest BCUT2D eigenvalue weighted by Gasteiger charge is -2.22. The van der Waals surface area contributed by atoms with Crippen LogP contribution in [0.1, 0.15) is 34.6 Å². The monoisotopic (exact) mass is 381 g/mol. The molecule has 136 valence electrons. The largest absolute Gasteiger partial charge is 0.412 e. The highest BCUT2D eigenvalue weighted by Gasteiger charge is 2.42. The van der Waals surface area contributed by atoms with Crippen molar-refractivity contribution < 1.29 is 18.0 Å². The molecule has 0 bridgehead atoms. The second-order valence-electron chi connectivity index (χ2n) is 5.51. The van der Waals surface area contributed by atoms with Crippen LogP contribution in [0.15, 0.2) is 46.7 Å². The molecule has 1 atom stereocenters. The van der Waals surface area contributed by atoms with E-state index in [1.165, 1.54) is 41.8 Å². The number of hydrogen-bond donors (Lipinski definition) is 1. The topological polar surface area (TPSA) is 63.5 Å². The Bertz CT molecular complexity index is 996. The summed E-state index contributed by atoms with van der Waals surface area (Å²) in [5, 5.41) is 3.57. The van der Waals surface area contributed by atoms with E-state index in [0.717, 1.165) is 4.40 Å². The van der Waals surface area contributed by atoms with Crippen molar-refractivity contribution in [1.82, 2.24) is 14.7 Å². The Morgan fingerprint density at radius 2 is 2.00 bits per heavy atom. The average Bonchev–Trinajstić information content (AvgIpc) is 3.08. The van der Waals surface area contributed by atoms with E-state index in [9.17, 15) is 22.8 Å². The van der Waals surface area contributed by atoms with Gasteiger partial charge in [0, 0.05) is 11.6 Å². The molecule has 0 aliphatic rings. The van der Waals surface area contributed by atoms with Gasteiger partial charge in [0.25, 0.3) is 11.5 Å². The number of amides is 1. The number of alkyl halides is 3. The van der Waals surface area contributed by atoms with Gasteiger partial charge < -0.3 is 5.32 Å². The number of aromatic nitrogens is 2. The summed E-state index contributed by atoms with van der Waals surface area (Å²) in [6.45, 7) is 1.68. The van der Waals surface area contributed by atoms with Crippen LogP contribution in [0.3, 0.4) is 0 Å². The number of hydrogen-bond acceptors (Lipinski definition) is 4. The van der Waals surface area contributed by atoms with Gasteiger partial charge in [0.15, 0.2) is 11.0 Å². The van der Waals surface area contributed by atoms with Gasteiger partial charge in [-0.25, -0.2) is 4.98 Å². The lowest BCUT2D eigenvalue weighted by atomic mass is 10.1. The SMILES string of the molecule is CCc1nc2sccn2c(=O)c1C(=O)NC(c1ccccc1)C(F)(F)F. The normalized spacial score (nSPS) is 12.9. The summed E-state index contributed by atoms with van der Waals surface area (Å²) in [5.74, 6) is -1.09. The number of halogens is 3. The fourth-order valence-corrected chi connectivity index (χ4v) is 3.33. The Balaban J connectivity index is 2.05. The van der Waals surface area contributed by atoms with Crippen LogP contribution in [-0.2, 0) is 6.42 Å². The smallest absolute Gasteiger partial charge is 0.336 e. The second-order valence-corrected chi connectivity index (χ2v) is 6.38. The van der Waals surface area contributed by atoms with Crippen molar-refractivity contribution in [1.29, 1.82) is 0 Å². The highest BCUT2D eigenvalue weighted by Crippen LogP contribution is 2.32. The molecule has 1 amide bonds. The number of carbonyl (C=O) groups is 1. The fraction of sp³-hybridized carbons (Fsp3) is 0.235. The molecule has 3 aromatic rings. The predicted octanol–water partition coefficient (Wildman–Crippen LogP) is 3.35. The van der Waals surface area contributed by atoms with Crippen molar-refractivity contribution in [2.45, 2.75) is 25.6 Å². The van der Waals surface area contributed by atoms with Crippen LogP contribution >= 0.6 is 11.3 Å². The molecule has 0 saturated heterocycles. The summed E-state index contributed by atoms with van der Waals surface area (Å²) < 4.78 is 41.5. The number of rotatable bonds is 4. The molecular weight excluding hydrogens is 367 g/mol. The molecule has 1 unspecified atom stereocenters. The first-order valence-corrected chi connectivity index (χ1v) is 8.62. The van der Waals surface area contributed by atoms with E-state index >= 15 is 0 Å². The maximum absolute atomic E-state index is 13.5. The van der Waals surface area contributed by atoms with Crippen LogP contribution in [0.2, 0.25) is 0 Å². The van der Waals surface area contributed by atoms with Gasteiger partial charge in [0.1, 0.15) is 5.56 Å². The predicted molar refractivity (Wildman–Crippen MR) is 91.4 cm³/mol. The van der Waals surface area contributed by atoms with E-state index in [1.54, 1.807) is 18.4 Å². The Morgan fingerprint density at radius 3 is 2.62 bits per heavy atom. The van der Waals surface area contributed by atoms with Crippen molar-refractivity contribution in [3.63, 3.8) is 0 Å². The van der Waals surface area contributed by atoms with Crippen molar-refractivity contribution in [2.24, 2.45) is 0 Å². The molecule has 0 radical (unpaired) electrons. The molecule has 3 rings (SSSR count). The first-order valence-electron chi connectivity index (χ1n) is 7.74. The molecule has 0 aliphatic heterocycles. The third-order valence-electron chi connectivity index (χ3n) is 3.84. The third-order valence-corrected chi connectivity index (χ3v) is 4.60. The zero-order valence-electron chi connectivity index (χ0n) is 13.6. The zero-order valence-corrected chi connectivity index (χ0v) is 14.4. The van der Waals surface area contributed by atoms with Crippen LogP contribution in [0, 0.1) is 0 Å². The fourth-order valence-electron chi connectivity index (χ4n) is 2.61. The van der Waals surface area contributed by atoms with Crippen molar-refractivity contribution in [3.05, 3.63) is 69.1 Å². The van der Waals surface area contributed by atoms with Crippen LogP contribution in [-0.4, -0.2) is 21.5 Å². The number of benzene rings is 1. The first kappa shape index (κ1) is 18.1. The minimum atomic E-state index is -4.71. The Morgan fingerprint density at radius 1 is 1.31 bits per heavy atom. The quantitative estimate of drug-likeness (QED) is 0.754. The van der Waals surface area contributed by atoms with E-state index in [1.807, 2.05) is 5.32 Å². The van der Waals surface area contributed by atoms with Crippen LogP contribution in [0.4, 0.5) is 13.2 Å². The van der Waals surface area contributed by atoms with Crippen LogP contribution in [0.5, 0.6) is 0 Å². The van der Waals surface area contributed by atoms with Crippen molar-refractivity contribution in [3.8, 4) is 0 Å². The molecule has 5 nitrogen and oxygen atoms in total. The number of aryl methyl sites for hydroxylation is 1. The maximum Gasteiger partial charge on any atom is 0.412 e. The van der Waals surface area contributed by atoms with Gasteiger partial charge in [0.2, 0.25) is 0 Å². The van der Waals surface area contributed by atoms with Gasteiger partial charge in [0.05, 0.1) is 5.69 Å². The van der Waals surface area contributed by atoms with Gasteiger partial charge in [-0.2, -0.15) is 13.2 Å². The number of thiazole rings is 1. The van der Waals surface area contributed by atoms with Gasteiger partial charge in [-0.3, -0.25) is 14.0 Å². The molecule has 0 fully saturated rings. The second kappa shape index (κ2) is 6.91. The van der Waals surface area contributed by atoms with E-state index in [4.69, 9.17) is 0 Å². The molecule has 0 spiro atoms. The van der Waals surface area contributed by atoms with Crippen LogP contribution in [0.25, 0.3) is 4.96 Å². The minimum Gasteiger partial charge on any atom is -0.336 e. The Hall–Kier alpha value is -2.68. The molecule has 2 aromatic heterocycles. The highest BCUT2D eigenvalue weighted by atomic mass is 32.1. The molecule has 1 N–H and O–H groups in total. The molecular formula is C17H14F3N3O2S. The number of nitrogens with zero attached hydrogens (tertiary/aromatic N) is 2. The summed E-state index contributed by atoms with van der Waals surface area (Å²) in [7, 11) is 0. The zero-order chi connectivity index (χ0) is 18.9. The Labute approximate surface area is 150 Å². The first-order chi connectivity index (χ1) is 12.3. The molecule has 26 heavy (non-hydrogen) atoms. The van der Waals surface area contributed by atoms with E-state index in [-0.39, 0.29) is 23.2 Å². The lowest BCUT2D eigenvalue weighted by Crippen LogP contribution is -2.41. The molecule has 0 saturated carbocycles. The number of fused-ring (bicyclic) bond motifs is 1. The van der Waals surface area contributed by atoms with Gasteiger partial charge in [-0.05, 0) is 12.0 Å². The number of carbonyl (C=O) groups excluding carboxylic acids is 1. The highest BCUT2D eigenvalue weighted by molar-refractivity contribution is 7.15. The summed E-state index contributed by atoms with van der Waals surface area (Å²) in [5.41, 5.74) is -0.992.